The second kappa shape index (κ2) is 8.23. The Morgan fingerprint density at radius 3 is 1.96 bits per heavy atom. The lowest BCUT2D eigenvalue weighted by molar-refractivity contribution is 0.173. The summed E-state index contributed by atoms with van der Waals surface area (Å²) in [6.07, 6.45) is 4.48. The van der Waals surface area contributed by atoms with Crippen molar-refractivity contribution in [1.29, 1.82) is 5.26 Å². The van der Waals surface area contributed by atoms with E-state index in [1.165, 1.54) is 12.8 Å². The number of benzene rings is 1. The first-order valence-corrected chi connectivity index (χ1v) is 11.9. The quantitative estimate of drug-likeness (QED) is 0.665. The molecule has 3 atom stereocenters. The van der Waals surface area contributed by atoms with Gasteiger partial charge in [0.2, 0.25) is 0 Å². The molecule has 2 aliphatic rings. The topological polar surface area (TPSA) is 59.4 Å². The van der Waals surface area contributed by atoms with Gasteiger partial charge >= 0.3 is 0 Å². The van der Waals surface area contributed by atoms with E-state index in [1.807, 2.05) is 12.1 Å². The minimum atomic E-state index is -3.10. The highest BCUT2D eigenvalue weighted by atomic mass is 35.5. The lowest BCUT2D eigenvalue weighted by atomic mass is 9.89. The Hall–Kier alpha value is -0.890. The van der Waals surface area contributed by atoms with Gasteiger partial charge in [-0.05, 0) is 58.2 Å². The molecular formula is C20H30ClN4OP. The van der Waals surface area contributed by atoms with E-state index in [-0.39, 0.29) is 24.2 Å². The van der Waals surface area contributed by atoms with Gasteiger partial charge in [0.25, 0.3) is 7.59 Å². The number of rotatable bonds is 5. The molecule has 1 saturated heterocycles. The second-order valence-electron chi connectivity index (χ2n) is 8.15. The Morgan fingerprint density at radius 1 is 1.07 bits per heavy atom. The standard InChI is InChI=1S/C20H30ClN4OP/c1-14(2)24-19-7-5-6-8-20(19)25(15(3)4)27(24,26)23-18(13-22)16-9-11-17(21)12-10-16/h9-12,14-15,18-20H,5-8H2,1-4H3,(H,23,26)/t18-,19-,20-/m1/s1. The zero-order chi connectivity index (χ0) is 19.8. The maximum absolute atomic E-state index is 14.5. The normalized spacial score (nSPS) is 26.9. The second-order valence-corrected chi connectivity index (χ2v) is 10.9. The molecule has 1 aromatic carbocycles. The molecule has 148 valence electrons. The third-order valence-corrected chi connectivity index (χ3v) is 9.30. The lowest BCUT2D eigenvalue weighted by Gasteiger charge is -2.37. The molecule has 5 nitrogen and oxygen atoms in total. The molecule has 0 radical (unpaired) electrons. The number of hydrogen-bond donors (Lipinski definition) is 1. The molecular weight excluding hydrogens is 379 g/mol. The summed E-state index contributed by atoms with van der Waals surface area (Å²) in [6.45, 7) is 8.42. The fraction of sp³-hybridized carbons (Fsp3) is 0.650. The van der Waals surface area contributed by atoms with Gasteiger partial charge in [-0.25, -0.2) is 14.4 Å². The summed E-state index contributed by atoms with van der Waals surface area (Å²) in [7, 11) is -3.10. The molecule has 2 fully saturated rings. The monoisotopic (exact) mass is 408 g/mol. The first kappa shape index (κ1) is 20.8. The summed E-state index contributed by atoms with van der Waals surface area (Å²) in [6, 6.07) is 9.72. The molecule has 0 aromatic heterocycles. The Kier molecular flexibility index (Phi) is 6.35. The Labute approximate surface area is 168 Å². The highest BCUT2D eigenvalue weighted by Crippen LogP contribution is 2.63. The summed E-state index contributed by atoms with van der Waals surface area (Å²) in [5, 5.41) is 13.8. The number of hydrogen-bond acceptors (Lipinski definition) is 2. The average Bonchev–Trinajstić information content (AvgIpc) is 2.88. The molecule has 1 heterocycles. The largest absolute Gasteiger partial charge is 0.286 e. The molecule has 0 amide bonds. The fourth-order valence-corrected chi connectivity index (χ4v) is 8.53. The van der Waals surface area contributed by atoms with Gasteiger partial charge in [-0.3, -0.25) is 4.57 Å². The smallest absolute Gasteiger partial charge is 0.270 e. The van der Waals surface area contributed by atoms with Crippen LogP contribution in [0.5, 0.6) is 0 Å². The lowest BCUT2D eigenvalue weighted by Crippen LogP contribution is -2.43. The van der Waals surface area contributed by atoms with Gasteiger partial charge in [-0.1, -0.05) is 36.6 Å². The van der Waals surface area contributed by atoms with Crippen LogP contribution in [0.2, 0.25) is 5.02 Å². The van der Waals surface area contributed by atoms with Crippen molar-refractivity contribution in [3.8, 4) is 6.07 Å². The molecule has 1 aliphatic carbocycles. The van der Waals surface area contributed by atoms with Gasteiger partial charge in [-0.2, -0.15) is 5.26 Å². The van der Waals surface area contributed by atoms with Gasteiger partial charge in [0.1, 0.15) is 6.04 Å². The predicted molar refractivity (Wildman–Crippen MR) is 111 cm³/mol. The van der Waals surface area contributed by atoms with Crippen molar-refractivity contribution >= 4 is 19.2 Å². The van der Waals surface area contributed by atoms with E-state index in [4.69, 9.17) is 11.6 Å². The minimum absolute atomic E-state index is 0.141. The number of halogens is 1. The van der Waals surface area contributed by atoms with Crippen LogP contribution in [-0.4, -0.2) is 33.5 Å². The van der Waals surface area contributed by atoms with Crippen LogP contribution >= 0.6 is 19.2 Å². The molecule has 0 unspecified atom stereocenters. The van der Waals surface area contributed by atoms with Gasteiger partial charge in [0.05, 0.1) is 6.07 Å². The SMILES string of the molecule is CC(C)N1[C@@H]2CCCC[C@H]2N(C(C)C)P1(=O)N[C@H](C#N)c1ccc(Cl)cc1. The van der Waals surface area contributed by atoms with Crippen molar-refractivity contribution in [3.63, 3.8) is 0 Å². The van der Waals surface area contributed by atoms with E-state index < -0.39 is 13.6 Å². The van der Waals surface area contributed by atoms with Crippen molar-refractivity contribution in [3.05, 3.63) is 34.9 Å². The molecule has 1 aliphatic heterocycles. The maximum Gasteiger partial charge on any atom is 0.286 e. The van der Waals surface area contributed by atoms with Crippen molar-refractivity contribution < 1.29 is 4.57 Å². The summed E-state index contributed by atoms with van der Waals surface area (Å²) >= 11 is 5.99. The van der Waals surface area contributed by atoms with Crippen LogP contribution in [0.4, 0.5) is 0 Å². The van der Waals surface area contributed by atoms with Gasteiger partial charge in [0.15, 0.2) is 0 Å². The van der Waals surface area contributed by atoms with Crippen LogP contribution in [0.1, 0.15) is 65.0 Å². The first-order chi connectivity index (χ1) is 12.8. The number of nitrogens with one attached hydrogen (secondary N) is 1. The minimum Gasteiger partial charge on any atom is -0.270 e. The summed E-state index contributed by atoms with van der Waals surface area (Å²) in [5.74, 6) is 0. The van der Waals surface area contributed by atoms with E-state index in [1.54, 1.807) is 12.1 Å². The van der Waals surface area contributed by atoms with Gasteiger partial charge < -0.3 is 0 Å². The van der Waals surface area contributed by atoms with Crippen molar-refractivity contribution in [2.24, 2.45) is 0 Å². The van der Waals surface area contributed by atoms with Crippen LogP contribution in [-0.2, 0) is 4.57 Å². The molecule has 3 rings (SSSR count). The summed E-state index contributed by atoms with van der Waals surface area (Å²) < 4.78 is 18.9. The van der Waals surface area contributed by atoms with Crippen LogP contribution < -0.4 is 5.09 Å². The van der Waals surface area contributed by atoms with E-state index >= 15 is 0 Å². The van der Waals surface area contributed by atoms with Gasteiger partial charge in [0, 0.05) is 29.2 Å². The number of fused-ring (bicyclic) bond motifs is 1. The molecule has 27 heavy (non-hydrogen) atoms. The molecule has 1 N–H and O–H groups in total. The zero-order valence-electron chi connectivity index (χ0n) is 16.6. The zero-order valence-corrected chi connectivity index (χ0v) is 18.3. The summed E-state index contributed by atoms with van der Waals surface area (Å²) in [4.78, 5) is 0. The van der Waals surface area contributed by atoms with E-state index in [9.17, 15) is 9.83 Å². The highest BCUT2D eigenvalue weighted by molar-refractivity contribution is 7.57. The molecule has 1 aromatic rings. The van der Waals surface area contributed by atoms with E-state index in [0.29, 0.717) is 5.02 Å². The van der Waals surface area contributed by atoms with Crippen LogP contribution in [0.15, 0.2) is 24.3 Å². The summed E-state index contributed by atoms with van der Waals surface area (Å²) in [5.41, 5.74) is 0.791. The van der Waals surface area contributed by atoms with Crippen LogP contribution in [0.3, 0.4) is 0 Å². The van der Waals surface area contributed by atoms with Gasteiger partial charge in [-0.15, -0.1) is 0 Å². The van der Waals surface area contributed by atoms with E-state index in [2.05, 4.69) is 48.2 Å². The average molecular weight is 409 g/mol. The predicted octanol–water partition coefficient (Wildman–Crippen LogP) is 5.35. The molecule has 0 spiro atoms. The first-order valence-electron chi connectivity index (χ1n) is 9.90. The highest BCUT2D eigenvalue weighted by Gasteiger charge is 2.57. The van der Waals surface area contributed by atoms with Crippen LogP contribution in [0, 0.1) is 11.3 Å². The Morgan fingerprint density at radius 2 is 1.56 bits per heavy atom. The van der Waals surface area contributed by atoms with Crippen molar-refractivity contribution in [2.75, 3.05) is 0 Å². The van der Waals surface area contributed by atoms with Crippen molar-refractivity contribution in [1.82, 2.24) is 14.4 Å². The Bertz CT molecular complexity index is 717. The number of nitriles is 1. The van der Waals surface area contributed by atoms with E-state index in [0.717, 1.165) is 18.4 Å². The fourth-order valence-electron chi connectivity index (χ4n) is 4.76. The Balaban J connectivity index is 2.01. The molecule has 7 heteroatoms. The maximum atomic E-state index is 14.5. The van der Waals surface area contributed by atoms with Crippen molar-refractivity contribution in [2.45, 2.75) is 83.6 Å². The van der Waals surface area contributed by atoms with Crippen LogP contribution in [0.25, 0.3) is 0 Å². The third kappa shape index (κ3) is 3.84. The third-order valence-electron chi connectivity index (χ3n) is 5.69. The molecule has 0 bridgehead atoms. The molecule has 1 saturated carbocycles. The number of nitrogens with zero attached hydrogens (tertiary/aromatic N) is 3.